The van der Waals surface area contributed by atoms with Crippen LogP contribution in [0.15, 0.2) is 12.1 Å². The predicted molar refractivity (Wildman–Crippen MR) is 78.0 cm³/mol. The first-order chi connectivity index (χ1) is 10.9. The molecule has 0 aliphatic carbocycles. The van der Waals surface area contributed by atoms with Crippen LogP contribution >= 0.6 is 0 Å². The van der Waals surface area contributed by atoms with E-state index in [0.717, 1.165) is 11.0 Å². The quantitative estimate of drug-likeness (QED) is 0.908. The summed E-state index contributed by atoms with van der Waals surface area (Å²) in [5.41, 5.74) is 0.925. The molecule has 0 unspecified atom stereocenters. The number of carboxylic acids is 1. The Bertz CT molecular complexity index is 705. The highest BCUT2D eigenvalue weighted by Gasteiger charge is 2.38. The average molecular weight is 322 g/mol. The number of carbonyl (C=O) groups is 3. The van der Waals surface area contributed by atoms with Crippen molar-refractivity contribution in [3.8, 4) is 0 Å². The van der Waals surface area contributed by atoms with Crippen LogP contribution in [-0.2, 0) is 20.7 Å². The number of benzene rings is 1. The fraction of sp³-hybridized carbons (Fsp3) is 0.400. The first kappa shape index (κ1) is 15.3. The molecular weight excluding hydrogens is 307 g/mol. The van der Waals surface area contributed by atoms with Gasteiger partial charge in [0.2, 0.25) is 12.0 Å². The van der Waals surface area contributed by atoms with Gasteiger partial charge in [0.25, 0.3) is 0 Å². The second-order valence-electron chi connectivity index (χ2n) is 5.48. The number of anilines is 2. The van der Waals surface area contributed by atoms with Crippen LogP contribution in [0.1, 0.15) is 18.9 Å². The molecule has 2 amide bonds. The van der Waals surface area contributed by atoms with Crippen LogP contribution in [0.2, 0.25) is 0 Å². The van der Waals surface area contributed by atoms with Gasteiger partial charge in [-0.05, 0) is 24.1 Å². The smallest absolute Gasteiger partial charge is 0.415 e. The first-order valence-corrected chi connectivity index (χ1v) is 7.26. The van der Waals surface area contributed by atoms with Gasteiger partial charge in [0.15, 0.2) is 0 Å². The van der Waals surface area contributed by atoms with Crippen molar-refractivity contribution in [3.05, 3.63) is 23.5 Å². The SMILES string of the molecule is CCCN1C(=O)Cc2cc(N3C[C@H](C(=O)O)OC3=O)cc(F)c21. The summed E-state index contributed by atoms with van der Waals surface area (Å²) in [4.78, 5) is 37.1. The van der Waals surface area contributed by atoms with E-state index in [-0.39, 0.29) is 30.2 Å². The standard InChI is InChI=1S/C15H15FN2O5/c1-2-3-17-12(19)5-8-4-9(6-10(16)13(8)17)18-7-11(14(20)21)23-15(18)22/h4,6,11H,2-3,5,7H2,1H3,(H,20,21)/t11-/m1/s1. The molecule has 0 radical (unpaired) electrons. The van der Waals surface area contributed by atoms with Crippen LogP contribution in [0.25, 0.3) is 0 Å². The lowest BCUT2D eigenvalue weighted by molar-refractivity contribution is -0.144. The molecule has 8 heteroatoms. The summed E-state index contributed by atoms with van der Waals surface area (Å²) in [6, 6.07) is 2.67. The third-order valence-corrected chi connectivity index (χ3v) is 3.89. The summed E-state index contributed by atoms with van der Waals surface area (Å²) >= 11 is 0. The largest absolute Gasteiger partial charge is 0.478 e. The molecule has 23 heavy (non-hydrogen) atoms. The Labute approximate surface area is 131 Å². The second-order valence-corrected chi connectivity index (χ2v) is 5.48. The zero-order chi connectivity index (χ0) is 16.7. The number of hydrogen-bond donors (Lipinski definition) is 1. The lowest BCUT2D eigenvalue weighted by Crippen LogP contribution is -2.28. The van der Waals surface area contributed by atoms with Crippen molar-refractivity contribution < 1.29 is 28.6 Å². The van der Waals surface area contributed by atoms with Gasteiger partial charge in [-0.3, -0.25) is 9.69 Å². The molecule has 0 bridgehead atoms. The molecule has 1 N–H and O–H groups in total. The highest BCUT2D eigenvalue weighted by atomic mass is 19.1. The van der Waals surface area contributed by atoms with Crippen LogP contribution in [0.3, 0.4) is 0 Å². The number of rotatable bonds is 4. The van der Waals surface area contributed by atoms with Crippen molar-refractivity contribution in [1.29, 1.82) is 0 Å². The molecule has 0 saturated carbocycles. The van der Waals surface area contributed by atoms with E-state index in [1.807, 2.05) is 6.92 Å². The van der Waals surface area contributed by atoms with E-state index < -0.39 is 24.0 Å². The van der Waals surface area contributed by atoms with Crippen molar-refractivity contribution in [2.45, 2.75) is 25.9 Å². The Morgan fingerprint density at radius 3 is 2.78 bits per heavy atom. The summed E-state index contributed by atoms with van der Waals surface area (Å²) in [6.07, 6.45) is -1.36. The number of ether oxygens (including phenoxy) is 1. The van der Waals surface area contributed by atoms with Crippen LogP contribution in [-0.4, -0.2) is 42.3 Å². The predicted octanol–water partition coefficient (Wildman–Crippen LogP) is 1.53. The summed E-state index contributed by atoms with van der Waals surface area (Å²) in [6.45, 7) is 2.12. The van der Waals surface area contributed by atoms with Crippen LogP contribution in [0.5, 0.6) is 0 Å². The Hall–Kier alpha value is -2.64. The summed E-state index contributed by atoms with van der Waals surface area (Å²) in [7, 11) is 0. The van der Waals surface area contributed by atoms with Gasteiger partial charge in [0.05, 0.1) is 24.3 Å². The normalized spacial score (nSPS) is 20.0. The van der Waals surface area contributed by atoms with Crippen molar-refractivity contribution in [2.24, 2.45) is 0 Å². The minimum absolute atomic E-state index is 0.0609. The number of amides is 2. The number of hydrogen-bond acceptors (Lipinski definition) is 4. The molecule has 3 rings (SSSR count). The Balaban J connectivity index is 1.94. The van der Waals surface area contributed by atoms with Gasteiger partial charge in [-0.15, -0.1) is 0 Å². The number of cyclic esters (lactones) is 1. The molecule has 2 heterocycles. The number of aliphatic carboxylic acids is 1. The number of nitrogens with zero attached hydrogens (tertiary/aromatic N) is 2. The van der Waals surface area contributed by atoms with Gasteiger partial charge < -0.3 is 14.7 Å². The topological polar surface area (TPSA) is 87.2 Å². The molecule has 1 saturated heterocycles. The fourth-order valence-electron chi connectivity index (χ4n) is 2.88. The van der Waals surface area contributed by atoms with Gasteiger partial charge in [-0.1, -0.05) is 6.92 Å². The van der Waals surface area contributed by atoms with Crippen molar-refractivity contribution in [1.82, 2.24) is 0 Å². The number of carboxylic acid groups (broad SMARTS) is 1. The lowest BCUT2D eigenvalue weighted by Gasteiger charge is -2.19. The summed E-state index contributed by atoms with van der Waals surface area (Å²) < 4.78 is 19.2. The first-order valence-electron chi connectivity index (χ1n) is 7.26. The summed E-state index contributed by atoms with van der Waals surface area (Å²) in [5.74, 6) is -2.06. The number of carbonyl (C=O) groups excluding carboxylic acids is 2. The van der Waals surface area contributed by atoms with Crippen LogP contribution in [0.4, 0.5) is 20.6 Å². The molecule has 0 aromatic heterocycles. The zero-order valence-electron chi connectivity index (χ0n) is 12.4. The van der Waals surface area contributed by atoms with Gasteiger partial charge >= 0.3 is 12.1 Å². The molecule has 0 spiro atoms. The van der Waals surface area contributed by atoms with E-state index in [1.165, 1.54) is 11.0 Å². The highest BCUT2D eigenvalue weighted by molar-refractivity contribution is 6.03. The van der Waals surface area contributed by atoms with Gasteiger partial charge in [-0.2, -0.15) is 0 Å². The molecule has 1 aromatic carbocycles. The van der Waals surface area contributed by atoms with E-state index in [4.69, 9.17) is 9.84 Å². The maximum atomic E-state index is 14.4. The van der Waals surface area contributed by atoms with E-state index in [1.54, 1.807) is 0 Å². The second kappa shape index (κ2) is 5.53. The molecule has 122 valence electrons. The third kappa shape index (κ3) is 2.49. The summed E-state index contributed by atoms with van der Waals surface area (Å²) in [5, 5.41) is 8.90. The van der Waals surface area contributed by atoms with E-state index in [9.17, 15) is 18.8 Å². The van der Waals surface area contributed by atoms with E-state index in [2.05, 4.69) is 0 Å². The Morgan fingerprint density at radius 1 is 1.43 bits per heavy atom. The lowest BCUT2D eigenvalue weighted by atomic mass is 10.1. The molecule has 1 fully saturated rings. The molecule has 2 aliphatic rings. The van der Waals surface area contributed by atoms with Crippen molar-refractivity contribution in [2.75, 3.05) is 22.9 Å². The van der Waals surface area contributed by atoms with Crippen LogP contribution < -0.4 is 9.80 Å². The van der Waals surface area contributed by atoms with Gasteiger partial charge in [0, 0.05) is 6.54 Å². The fourth-order valence-corrected chi connectivity index (χ4v) is 2.88. The highest BCUT2D eigenvalue weighted by Crippen LogP contribution is 2.36. The minimum Gasteiger partial charge on any atom is -0.478 e. The maximum absolute atomic E-state index is 14.4. The molecule has 1 aromatic rings. The van der Waals surface area contributed by atoms with Crippen LogP contribution in [0, 0.1) is 5.82 Å². The average Bonchev–Trinajstić information content (AvgIpc) is 3.01. The van der Waals surface area contributed by atoms with Gasteiger partial charge in [-0.25, -0.2) is 14.0 Å². The monoisotopic (exact) mass is 322 g/mol. The zero-order valence-corrected chi connectivity index (χ0v) is 12.4. The maximum Gasteiger partial charge on any atom is 0.415 e. The third-order valence-electron chi connectivity index (χ3n) is 3.89. The van der Waals surface area contributed by atoms with E-state index in [0.29, 0.717) is 18.5 Å². The minimum atomic E-state index is -1.28. The molecule has 1 atom stereocenters. The molecule has 2 aliphatic heterocycles. The number of fused-ring (bicyclic) bond motifs is 1. The van der Waals surface area contributed by atoms with Crippen molar-refractivity contribution >= 4 is 29.3 Å². The number of halogens is 1. The van der Waals surface area contributed by atoms with Gasteiger partial charge in [0.1, 0.15) is 5.82 Å². The Morgan fingerprint density at radius 2 is 2.17 bits per heavy atom. The molecular formula is C15H15FN2O5. The van der Waals surface area contributed by atoms with E-state index >= 15 is 0 Å². The molecule has 7 nitrogen and oxygen atoms in total. The van der Waals surface area contributed by atoms with Crippen molar-refractivity contribution in [3.63, 3.8) is 0 Å². The Kier molecular flexibility index (Phi) is 3.67.